The molecule has 5 heteroatoms. The van der Waals surface area contributed by atoms with Crippen molar-refractivity contribution in [3.8, 4) is 0 Å². The molecule has 0 N–H and O–H groups in total. The molecule has 0 unspecified atom stereocenters. The zero-order chi connectivity index (χ0) is 12.4. The molecule has 1 aromatic heterocycles. The van der Waals surface area contributed by atoms with Crippen molar-refractivity contribution in [1.82, 2.24) is 9.78 Å². The van der Waals surface area contributed by atoms with Crippen LogP contribution in [0.25, 0.3) is 0 Å². The summed E-state index contributed by atoms with van der Waals surface area (Å²) in [6.07, 6.45) is 3.48. The molecule has 0 saturated carbocycles. The number of carbonyl (C=O) groups is 1. The van der Waals surface area contributed by atoms with Crippen LogP contribution < -0.4 is 0 Å². The van der Waals surface area contributed by atoms with Crippen LogP contribution in [0.4, 0.5) is 4.39 Å². The summed E-state index contributed by atoms with van der Waals surface area (Å²) in [5, 5.41) is 4.01. The van der Waals surface area contributed by atoms with Crippen LogP contribution in [-0.4, -0.2) is 15.6 Å². The van der Waals surface area contributed by atoms with Gasteiger partial charge < -0.3 is 0 Å². The fraction of sp³-hybridized carbons (Fsp3) is 0.167. The molecule has 1 heterocycles. The highest BCUT2D eigenvalue weighted by Crippen LogP contribution is 2.29. The van der Waals surface area contributed by atoms with Crippen LogP contribution in [0.1, 0.15) is 17.3 Å². The first-order chi connectivity index (χ1) is 8.06. The van der Waals surface area contributed by atoms with Crippen molar-refractivity contribution in [2.45, 2.75) is 16.7 Å². The zero-order valence-electron chi connectivity index (χ0n) is 9.48. The Labute approximate surface area is 103 Å². The fourth-order valence-electron chi connectivity index (χ4n) is 1.38. The van der Waals surface area contributed by atoms with Gasteiger partial charge in [0, 0.05) is 23.7 Å². The van der Waals surface area contributed by atoms with Crippen LogP contribution in [0.2, 0.25) is 0 Å². The molecule has 0 amide bonds. The van der Waals surface area contributed by atoms with Crippen molar-refractivity contribution < 1.29 is 9.18 Å². The largest absolute Gasteiger partial charge is 0.295 e. The van der Waals surface area contributed by atoms with E-state index in [2.05, 4.69) is 5.10 Å². The summed E-state index contributed by atoms with van der Waals surface area (Å²) in [6, 6.07) is 4.51. The lowest BCUT2D eigenvalue weighted by atomic mass is 10.1. The topological polar surface area (TPSA) is 34.9 Å². The summed E-state index contributed by atoms with van der Waals surface area (Å²) in [4.78, 5) is 12.4. The van der Waals surface area contributed by atoms with Gasteiger partial charge in [0.15, 0.2) is 5.78 Å². The lowest BCUT2D eigenvalue weighted by molar-refractivity contribution is 0.101. The van der Waals surface area contributed by atoms with Gasteiger partial charge in [-0.3, -0.25) is 9.48 Å². The van der Waals surface area contributed by atoms with Crippen LogP contribution >= 0.6 is 11.8 Å². The highest BCUT2D eigenvalue weighted by Gasteiger charge is 2.08. The minimum Gasteiger partial charge on any atom is -0.295 e. The number of aromatic nitrogens is 2. The Balaban J connectivity index is 2.25. The van der Waals surface area contributed by atoms with Gasteiger partial charge in [-0.15, -0.1) is 0 Å². The quantitative estimate of drug-likeness (QED) is 0.786. The molecule has 0 aliphatic heterocycles. The van der Waals surface area contributed by atoms with Gasteiger partial charge in [0.2, 0.25) is 0 Å². The van der Waals surface area contributed by atoms with Gasteiger partial charge in [-0.2, -0.15) is 5.10 Å². The van der Waals surface area contributed by atoms with E-state index >= 15 is 0 Å². The van der Waals surface area contributed by atoms with Crippen LogP contribution in [0.5, 0.6) is 0 Å². The first-order valence-electron chi connectivity index (χ1n) is 5.03. The number of hydrogen-bond acceptors (Lipinski definition) is 3. The third-order valence-electron chi connectivity index (χ3n) is 2.25. The van der Waals surface area contributed by atoms with Crippen LogP contribution in [0.3, 0.4) is 0 Å². The first kappa shape index (κ1) is 11.9. The predicted molar refractivity (Wildman–Crippen MR) is 63.7 cm³/mol. The highest BCUT2D eigenvalue weighted by molar-refractivity contribution is 7.99. The lowest BCUT2D eigenvalue weighted by Crippen LogP contribution is -1.93. The number of benzene rings is 1. The SMILES string of the molecule is CC(=O)c1ccc(Sc2cnn(C)c2)c(F)c1. The molecule has 2 rings (SSSR count). The van der Waals surface area contributed by atoms with Crippen LogP contribution in [0.15, 0.2) is 40.4 Å². The molecule has 0 atom stereocenters. The second kappa shape index (κ2) is 4.71. The molecule has 0 spiro atoms. The normalized spacial score (nSPS) is 10.5. The number of aryl methyl sites for hydroxylation is 1. The van der Waals surface area contributed by atoms with Gasteiger partial charge in [0.1, 0.15) is 5.82 Å². The third-order valence-corrected chi connectivity index (χ3v) is 3.24. The van der Waals surface area contributed by atoms with E-state index in [9.17, 15) is 9.18 Å². The maximum Gasteiger partial charge on any atom is 0.159 e. The van der Waals surface area contributed by atoms with Gasteiger partial charge in [0.25, 0.3) is 0 Å². The molecule has 88 valence electrons. The van der Waals surface area contributed by atoms with Crippen molar-refractivity contribution in [2.75, 3.05) is 0 Å². The van der Waals surface area contributed by atoms with Crippen LogP contribution in [-0.2, 0) is 7.05 Å². The molecule has 0 aliphatic rings. The minimum absolute atomic E-state index is 0.137. The molecule has 0 bridgehead atoms. The zero-order valence-corrected chi connectivity index (χ0v) is 10.3. The van der Waals surface area contributed by atoms with E-state index < -0.39 is 0 Å². The maximum atomic E-state index is 13.7. The molecular weight excluding hydrogens is 239 g/mol. The van der Waals surface area contributed by atoms with E-state index in [0.717, 1.165) is 4.90 Å². The van der Waals surface area contributed by atoms with E-state index in [1.165, 1.54) is 24.8 Å². The molecule has 2 aromatic rings. The number of halogens is 1. The Morgan fingerprint density at radius 2 is 2.24 bits per heavy atom. The molecule has 0 aliphatic carbocycles. The number of hydrogen-bond donors (Lipinski definition) is 0. The van der Waals surface area contributed by atoms with Crippen molar-refractivity contribution >= 4 is 17.5 Å². The summed E-state index contributed by atoms with van der Waals surface area (Å²) < 4.78 is 15.4. The van der Waals surface area contributed by atoms with Crippen molar-refractivity contribution in [3.05, 3.63) is 42.0 Å². The minimum atomic E-state index is -0.383. The van der Waals surface area contributed by atoms with E-state index in [0.29, 0.717) is 10.5 Å². The number of ketones is 1. The van der Waals surface area contributed by atoms with Gasteiger partial charge in [0.05, 0.1) is 11.1 Å². The predicted octanol–water partition coefficient (Wildman–Crippen LogP) is 2.91. The van der Waals surface area contributed by atoms with Gasteiger partial charge >= 0.3 is 0 Å². The summed E-state index contributed by atoms with van der Waals surface area (Å²) in [5.74, 6) is -0.520. The van der Waals surface area contributed by atoms with Gasteiger partial charge in [-0.05, 0) is 19.1 Å². The third kappa shape index (κ3) is 2.74. The maximum absolute atomic E-state index is 13.7. The Bertz CT molecular complexity index is 565. The Hall–Kier alpha value is -1.62. The van der Waals surface area contributed by atoms with Crippen LogP contribution in [0, 0.1) is 5.82 Å². The molecule has 0 fully saturated rings. The van der Waals surface area contributed by atoms with E-state index in [1.54, 1.807) is 30.1 Å². The standard InChI is InChI=1S/C12H11FN2OS/c1-8(16)9-3-4-12(11(13)5-9)17-10-6-14-15(2)7-10/h3-7H,1-2H3. The van der Waals surface area contributed by atoms with Crippen molar-refractivity contribution in [1.29, 1.82) is 0 Å². The average molecular weight is 250 g/mol. The van der Waals surface area contributed by atoms with E-state index in [4.69, 9.17) is 0 Å². The van der Waals surface area contributed by atoms with Gasteiger partial charge in [-0.1, -0.05) is 17.8 Å². The number of Topliss-reactive ketones (excluding diaryl/α,β-unsaturated/α-hetero) is 1. The van der Waals surface area contributed by atoms with Crippen molar-refractivity contribution in [3.63, 3.8) is 0 Å². The van der Waals surface area contributed by atoms with E-state index in [1.807, 2.05) is 6.20 Å². The first-order valence-corrected chi connectivity index (χ1v) is 5.85. The smallest absolute Gasteiger partial charge is 0.159 e. The summed E-state index contributed by atoms with van der Waals surface area (Å²) >= 11 is 1.29. The molecule has 0 radical (unpaired) electrons. The fourth-order valence-corrected chi connectivity index (χ4v) is 2.23. The average Bonchev–Trinajstić information content (AvgIpc) is 2.67. The number of carbonyl (C=O) groups excluding carboxylic acids is 1. The number of rotatable bonds is 3. The molecule has 0 saturated heterocycles. The summed E-state index contributed by atoms with van der Waals surface area (Å²) in [6.45, 7) is 1.42. The summed E-state index contributed by atoms with van der Waals surface area (Å²) in [7, 11) is 1.80. The highest BCUT2D eigenvalue weighted by atomic mass is 32.2. The molecule has 3 nitrogen and oxygen atoms in total. The Kier molecular flexibility index (Phi) is 3.28. The monoisotopic (exact) mass is 250 g/mol. The second-order valence-corrected chi connectivity index (χ2v) is 4.77. The van der Waals surface area contributed by atoms with Gasteiger partial charge in [-0.25, -0.2) is 4.39 Å². The summed E-state index contributed by atoms with van der Waals surface area (Å²) in [5.41, 5.74) is 0.387. The number of nitrogens with zero attached hydrogens (tertiary/aromatic N) is 2. The molecule has 1 aromatic carbocycles. The Morgan fingerprint density at radius 3 is 2.76 bits per heavy atom. The van der Waals surface area contributed by atoms with Crippen molar-refractivity contribution in [2.24, 2.45) is 7.05 Å². The Morgan fingerprint density at radius 1 is 1.47 bits per heavy atom. The molecular formula is C12H11FN2OS. The lowest BCUT2D eigenvalue weighted by Gasteiger charge is -2.02. The molecule has 17 heavy (non-hydrogen) atoms. The van der Waals surface area contributed by atoms with E-state index in [-0.39, 0.29) is 11.6 Å². The second-order valence-electron chi connectivity index (χ2n) is 3.65.